The molecule has 2 aromatic rings. The lowest BCUT2D eigenvalue weighted by Gasteiger charge is -2.37. The number of nitrogens with one attached hydrogen (secondary N) is 2. The number of alkyl carbamates (subject to hydrolysis) is 1. The Kier molecular flexibility index (Phi) is 4.28. The van der Waals surface area contributed by atoms with Gasteiger partial charge in [0.25, 0.3) is 0 Å². The van der Waals surface area contributed by atoms with E-state index in [0.29, 0.717) is 38.2 Å². The van der Waals surface area contributed by atoms with Gasteiger partial charge in [-0.1, -0.05) is 30.3 Å². The quantitative estimate of drug-likeness (QED) is 0.887. The molecule has 0 saturated carbocycles. The first kappa shape index (κ1) is 16.5. The summed E-state index contributed by atoms with van der Waals surface area (Å²) in [6, 6.07) is 12.9. The molecule has 26 heavy (non-hydrogen) atoms. The lowest BCUT2D eigenvalue weighted by molar-refractivity contribution is 0.00957. The van der Waals surface area contributed by atoms with Crippen LogP contribution >= 0.6 is 0 Å². The highest BCUT2D eigenvalue weighted by molar-refractivity contribution is 5.75. The van der Waals surface area contributed by atoms with Gasteiger partial charge < -0.3 is 24.7 Å². The minimum Gasteiger partial charge on any atom is -0.467 e. The lowest BCUT2D eigenvalue weighted by atomic mass is 9.92. The van der Waals surface area contributed by atoms with Gasteiger partial charge in [-0.2, -0.15) is 0 Å². The summed E-state index contributed by atoms with van der Waals surface area (Å²) in [6.45, 7) is 1.60. The molecule has 2 aliphatic heterocycles. The number of hydrogen-bond donors (Lipinski definition) is 2. The normalized spacial score (nSPS) is 19.7. The van der Waals surface area contributed by atoms with E-state index in [0.717, 1.165) is 5.56 Å². The number of ether oxygens (including phenoxy) is 1. The van der Waals surface area contributed by atoms with Gasteiger partial charge >= 0.3 is 12.1 Å². The zero-order chi connectivity index (χ0) is 18.0. The van der Waals surface area contributed by atoms with Crippen molar-refractivity contribution in [1.29, 1.82) is 0 Å². The first-order valence-electron chi connectivity index (χ1n) is 8.76. The molecule has 1 atom stereocenters. The van der Waals surface area contributed by atoms with E-state index < -0.39 is 5.60 Å². The van der Waals surface area contributed by atoms with Crippen LogP contribution in [0.2, 0.25) is 0 Å². The van der Waals surface area contributed by atoms with E-state index >= 15 is 0 Å². The maximum absolute atomic E-state index is 12.8. The van der Waals surface area contributed by atoms with Crippen molar-refractivity contribution in [2.45, 2.75) is 24.5 Å². The first-order valence-corrected chi connectivity index (χ1v) is 8.76. The fourth-order valence-electron chi connectivity index (χ4n) is 3.53. The summed E-state index contributed by atoms with van der Waals surface area (Å²) >= 11 is 0. The van der Waals surface area contributed by atoms with E-state index in [-0.39, 0.29) is 18.2 Å². The average Bonchev–Trinajstić information content (AvgIpc) is 3.31. The largest absolute Gasteiger partial charge is 0.467 e. The third-order valence-electron chi connectivity index (χ3n) is 5.05. The van der Waals surface area contributed by atoms with E-state index in [2.05, 4.69) is 10.6 Å². The molecule has 1 aromatic heterocycles. The topological polar surface area (TPSA) is 83.8 Å². The second-order valence-electron chi connectivity index (χ2n) is 6.72. The highest BCUT2D eigenvalue weighted by Gasteiger charge is 2.43. The Balaban J connectivity index is 1.44. The van der Waals surface area contributed by atoms with Crippen LogP contribution in [-0.2, 0) is 4.74 Å². The molecular formula is C19H21N3O4. The molecule has 7 heteroatoms. The third kappa shape index (κ3) is 3.24. The van der Waals surface area contributed by atoms with E-state index in [1.54, 1.807) is 11.2 Å². The number of urea groups is 1. The van der Waals surface area contributed by atoms with Crippen molar-refractivity contribution in [3.05, 3.63) is 60.1 Å². The van der Waals surface area contributed by atoms with Crippen LogP contribution in [0.4, 0.5) is 9.59 Å². The van der Waals surface area contributed by atoms with Crippen LogP contribution in [0.25, 0.3) is 0 Å². The van der Waals surface area contributed by atoms with Gasteiger partial charge in [-0.25, -0.2) is 9.59 Å². The van der Waals surface area contributed by atoms with Crippen molar-refractivity contribution < 1.29 is 18.7 Å². The molecule has 136 valence electrons. The Morgan fingerprint density at radius 2 is 1.92 bits per heavy atom. The fraction of sp³-hybridized carbons (Fsp3) is 0.368. The van der Waals surface area contributed by atoms with E-state index in [9.17, 15) is 9.59 Å². The van der Waals surface area contributed by atoms with Crippen LogP contribution in [0, 0.1) is 0 Å². The predicted molar refractivity (Wildman–Crippen MR) is 93.5 cm³/mol. The molecule has 4 rings (SSSR count). The van der Waals surface area contributed by atoms with Crippen molar-refractivity contribution in [3.8, 4) is 0 Å². The fourth-order valence-corrected chi connectivity index (χ4v) is 3.53. The number of likely N-dealkylation sites (tertiary alicyclic amines) is 1. The van der Waals surface area contributed by atoms with Gasteiger partial charge in [0.1, 0.15) is 17.4 Å². The molecule has 2 N–H and O–H groups in total. The number of carbonyl (C=O) groups excluding carboxylic acids is 2. The van der Waals surface area contributed by atoms with Gasteiger partial charge in [0.2, 0.25) is 0 Å². The predicted octanol–water partition coefficient (Wildman–Crippen LogP) is 2.65. The summed E-state index contributed by atoms with van der Waals surface area (Å²) in [5.74, 6) is 0.687. The Labute approximate surface area is 151 Å². The monoisotopic (exact) mass is 355 g/mol. The summed E-state index contributed by atoms with van der Waals surface area (Å²) < 4.78 is 10.9. The van der Waals surface area contributed by atoms with Crippen molar-refractivity contribution in [3.63, 3.8) is 0 Å². The maximum Gasteiger partial charge on any atom is 0.407 e. The molecule has 1 spiro atoms. The lowest BCUT2D eigenvalue weighted by Crippen LogP contribution is -2.51. The van der Waals surface area contributed by atoms with Crippen LogP contribution in [0.15, 0.2) is 53.1 Å². The number of amides is 3. The molecule has 3 amide bonds. The minimum absolute atomic E-state index is 0.151. The van der Waals surface area contributed by atoms with Crippen molar-refractivity contribution in [2.75, 3.05) is 19.6 Å². The second kappa shape index (κ2) is 6.74. The smallest absolute Gasteiger partial charge is 0.407 e. The van der Waals surface area contributed by atoms with Crippen molar-refractivity contribution >= 4 is 12.1 Å². The summed E-state index contributed by atoms with van der Waals surface area (Å²) in [7, 11) is 0. The summed E-state index contributed by atoms with van der Waals surface area (Å²) in [5.41, 5.74) is 0.492. The number of hydrogen-bond acceptors (Lipinski definition) is 4. The highest BCUT2D eigenvalue weighted by atomic mass is 16.6. The van der Waals surface area contributed by atoms with Crippen molar-refractivity contribution in [1.82, 2.24) is 15.5 Å². The minimum atomic E-state index is -0.465. The summed E-state index contributed by atoms with van der Waals surface area (Å²) in [5, 5.41) is 5.77. The maximum atomic E-state index is 12.8. The molecule has 0 bridgehead atoms. The van der Waals surface area contributed by atoms with Crippen LogP contribution in [-0.4, -0.2) is 42.3 Å². The zero-order valence-electron chi connectivity index (χ0n) is 14.3. The number of nitrogens with zero attached hydrogens (tertiary/aromatic N) is 1. The van der Waals surface area contributed by atoms with Gasteiger partial charge in [0.15, 0.2) is 0 Å². The molecule has 1 aromatic carbocycles. The molecule has 0 aliphatic carbocycles. The number of piperidine rings is 1. The molecule has 2 fully saturated rings. The van der Waals surface area contributed by atoms with Crippen LogP contribution in [0.5, 0.6) is 0 Å². The number of furan rings is 1. The molecular weight excluding hydrogens is 334 g/mol. The summed E-state index contributed by atoms with van der Waals surface area (Å²) in [4.78, 5) is 25.9. The van der Waals surface area contributed by atoms with Crippen LogP contribution in [0.3, 0.4) is 0 Å². The average molecular weight is 355 g/mol. The van der Waals surface area contributed by atoms with Gasteiger partial charge in [0, 0.05) is 25.9 Å². The third-order valence-corrected chi connectivity index (χ3v) is 5.05. The van der Waals surface area contributed by atoms with Crippen LogP contribution < -0.4 is 10.6 Å². The standard InChI is InChI=1S/C19H21N3O4/c23-17(22-10-8-19(9-11-22)13-20-18(24)26-19)21-16(15-7-4-12-25-15)14-5-2-1-3-6-14/h1-7,12,16H,8-11,13H2,(H,20,24)(H,21,23). The number of benzene rings is 1. The van der Waals surface area contributed by atoms with E-state index in [1.807, 2.05) is 42.5 Å². The molecule has 1 unspecified atom stereocenters. The SMILES string of the molecule is O=C1NCC2(CCN(C(=O)NC(c3ccccc3)c3ccco3)CC2)O1. The van der Waals surface area contributed by atoms with Gasteiger partial charge in [-0.3, -0.25) is 0 Å². The zero-order valence-corrected chi connectivity index (χ0v) is 14.3. The number of carbonyl (C=O) groups is 2. The Morgan fingerprint density at radius 3 is 2.54 bits per heavy atom. The molecule has 0 radical (unpaired) electrons. The first-order chi connectivity index (χ1) is 12.7. The van der Waals surface area contributed by atoms with Gasteiger partial charge in [-0.15, -0.1) is 0 Å². The molecule has 2 saturated heterocycles. The van der Waals surface area contributed by atoms with Gasteiger partial charge in [0.05, 0.1) is 12.8 Å². The molecule has 7 nitrogen and oxygen atoms in total. The Morgan fingerprint density at radius 1 is 1.15 bits per heavy atom. The van der Waals surface area contributed by atoms with E-state index in [4.69, 9.17) is 9.15 Å². The summed E-state index contributed by atoms with van der Waals surface area (Å²) in [6.07, 6.45) is 2.50. The number of rotatable bonds is 3. The van der Waals surface area contributed by atoms with Crippen molar-refractivity contribution in [2.24, 2.45) is 0 Å². The second-order valence-corrected chi connectivity index (χ2v) is 6.72. The van der Waals surface area contributed by atoms with E-state index in [1.165, 1.54) is 0 Å². The van der Waals surface area contributed by atoms with Gasteiger partial charge in [-0.05, 0) is 17.7 Å². The van der Waals surface area contributed by atoms with Crippen LogP contribution in [0.1, 0.15) is 30.2 Å². The molecule has 3 heterocycles. The Bertz CT molecular complexity index is 767. The highest BCUT2D eigenvalue weighted by Crippen LogP contribution is 2.30. The Hall–Kier alpha value is -2.96. The molecule has 2 aliphatic rings.